The third-order valence-electron chi connectivity index (χ3n) is 3.94. The molecule has 4 nitrogen and oxygen atoms in total. The van der Waals surface area contributed by atoms with Gasteiger partial charge in [0.25, 0.3) is 0 Å². The van der Waals surface area contributed by atoms with Crippen molar-refractivity contribution in [2.75, 3.05) is 19.8 Å². The molecule has 0 spiro atoms. The van der Waals surface area contributed by atoms with E-state index in [1.807, 2.05) is 0 Å². The summed E-state index contributed by atoms with van der Waals surface area (Å²) in [5.41, 5.74) is -0.424. The molecule has 2 rings (SSSR count). The van der Waals surface area contributed by atoms with Crippen molar-refractivity contribution < 1.29 is 27.8 Å². The summed E-state index contributed by atoms with van der Waals surface area (Å²) in [6.45, 7) is 0.785. The van der Waals surface area contributed by atoms with E-state index in [4.69, 9.17) is 9.84 Å². The van der Waals surface area contributed by atoms with Crippen molar-refractivity contribution in [3.63, 3.8) is 0 Å². The van der Waals surface area contributed by atoms with E-state index in [1.54, 1.807) is 0 Å². The molecule has 1 aromatic rings. The molecule has 1 aliphatic rings. The van der Waals surface area contributed by atoms with Crippen LogP contribution in [0.25, 0.3) is 0 Å². The minimum absolute atomic E-state index is 0.163. The smallest absolute Gasteiger partial charge is 0.396 e. The van der Waals surface area contributed by atoms with Gasteiger partial charge in [-0.05, 0) is 37.0 Å². The van der Waals surface area contributed by atoms with Crippen LogP contribution in [-0.4, -0.2) is 30.8 Å². The lowest BCUT2D eigenvalue weighted by molar-refractivity contribution is -0.137. The molecule has 0 bridgehead atoms. The van der Waals surface area contributed by atoms with E-state index in [0.29, 0.717) is 31.6 Å². The Kier molecular flexibility index (Phi) is 6.01. The second-order valence-electron chi connectivity index (χ2n) is 5.58. The first kappa shape index (κ1) is 17.7. The fourth-order valence-electron chi connectivity index (χ4n) is 2.63. The molecular formula is C16H20F3NO3. The Balaban J connectivity index is 2.12. The molecule has 23 heavy (non-hydrogen) atoms. The number of alkyl halides is 3. The van der Waals surface area contributed by atoms with Gasteiger partial charge in [0.1, 0.15) is 0 Å². The van der Waals surface area contributed by atoms with E-state index < -0.39 is 17.8 Å². The Hall–Kier alpha value is -1.60. The minimum Gasteiger partial charge on any atom is -0.396 e. The quantitative estimate of drug-likeness (QED) is 0.872. The lowest BCUT2D eigenvalue weighted by atomic mass is 9.96. The lowest BCUT2D eigenvalue weighted by Crippen LogP contribution is -2.37. The summed E-state index contributed by atoms with van der Waals surface area (Å²) in [7, 11) is 0. The van der Waals surface area contributed by atoms with Gasteiger partial charge in [0.05, 0.1) is 11.6 Å². The molecule has 0 aliphatic carbocycles. The van der Waals surface area contributed by atoms with Crippen molar-refractivity contribution in [1.29, 1.82) is 0 Å². The van der Waals surface area contributed by atoms with Crippen LogP contribution in [0.5, 0.6) is 0 Å². The van der Waals surface area contributed by atoms with Gasteiger partial charge in [-0.1, -0.05) is 12.1 Å². The van der Waals surface area contributed by atoms with Crippen molar-refractivity contribution in [3.05, 3.63) is 35.4 Å². The number of halogens is 3. The summed E-state index contributed by atoms with van der Waals surface area (Å²) in [5, 5.41) is 11.9. The second kappa shape index (κ2) is 7.79. The highest BCUT2D eigenvalue weighted by molar-refractivity contribution is 5.79. The molecule has 1 aliphatic heterocycles. The number of hydrogen-bond acceptors (Lipinski definition) is 3. The van der Waals surface area contributed by atoms with Gasteiger partial charge in [0.15, 0.2) is 0 Å². The zero-order valence-corrected chi connectivity index (χ0v) is 12.6. The van der Waals surface area contributed by atoms with Gasteiger partial charge in [-0.25, -0.2) is 0 Å². The number of rotatable bonds is 5. The fraction of sp³-hybridized carbons (Fsp3) is 0.562. The first-order chi connectivity index (χ1) is 10.9. The Morgan fingerprint density at radius 2 is 2.04 bits per heavy atom. The Bertz CT molecular complexity index is 528. The van der Waals surface area contributed by atoms with Crippen LogP contribution in [0.3, 0.4) is 0 Å². The van der Waals surface area contributed by atoms with Crippen molar-refractivity contribution in [2.24, 2.45) is 5.92 Å². The molecule has 1 aromatic carbocycles. The van der Waals surface area contributed by atoms with Gasteiger partial charge >= 0.3 is 6.18 Å². The van der Waals surface area contributed by atoms with E-state index in [-0.39, 0.29) is 24.9 Å². The van der Waals surface area contributed by atoms with Crippen LogP contribution in [0.1, 0.15) is 36.4 Å². The lowest BCUT2D eigenvalue weighted by Gasteiger charge is -2.25. The third-order valence-corrected chi connectivity index (χ3v) is 3.94. The molecule has 1 amide bonds. The van der Waals surface area contributed by atoms with Gasteiger partial charge < -0.3 is 15.2 Å². The van der Waals surface area contributed by atoms with Gasteiger partial charge in [-0.2, -0.15) is 13.2 Å². The Morgan fingerprint density at radius 1 is 1.35 bits per heavy atom. The number of nitrogens with one attached hydrogen (secondary N) is 1. The standard InChI is InChI=1S/C16H20F3NO3/c17-16(18,19)13-3-1-2-12(10-13)14(4-7-21)20-15(22)11-5-8-23-9-6-11/h1-3,10-11,14,21H,4-9H2,(H,20,22)/t14-/m1/s1. The molecule has 2 N–H and O–H groups in total. The summed E-state index contributed by atoms with van der Waals surface area (Å²) in [5.74, 6) is -0.403. The first-order valence-corrected chi connectivity index (χ1v) is 7.58. The predicted molar refractivity (Wildman–Crippen MR) is 77.6 cm³/mol. The minimum atomic E-state index is -4.44. The summed E-state index contributed by atoms with van der Waals surface area (Å²) < 4.78 is 43.7. The monoisotopic (exact) mass is 331 g/mol. The van der Waals surface area contributed by atoms with Crippen molar-refractivity contribution in [2.45, 2.75) is 31.5 Å². The number of carbonyl (C=O) groups excluding carboxylic acids is 1. The maximum atomic E-state index is 12.8. The molecule has 0 radical (unpaired) electrons. The van der Waals surface area contributed by atoms with E-state index in [9.17, 15) is 18.0 Å². The molecule has 7 heteroatoms. The number of ether oxygens (including phenoxy) is 1. The summed E-state index contributed by atoms with van der Waals surface area (Å²) in [6.07, 6.45) is -3.08. The van der Waals surface area contributed by atoms with E-state index in [0.717, 1.165) is 12.1 Å². The number of amides is 1. The highest BCUT2D eigenvalue weighted by Crippen LogP contribution is 2.31. The molecular weight excluding hydrogens is 311 g/mol. The van der Waals surface area contributed by atoms with Gasteiger partial charge in [0.2, 0.25) is 5.91 Å². The molecule has 1 heterocycles. The fourth-order valence-corrected chi connectivity index (χ4v) is 2.63. The number of aliphatic hydroxyl groups excluding tert-OH is 1. The van der Waals surface area contributed by atoms with Gasteiger partial charge in [-0.3, -0.25) is 4.79 Å². The maximum Gasteiger partial charge on any atom is 0.416 e. The topological polar surface area (TPSA) is 58.6 Å². The Labute approximate surface area is 132 Å². The van der Waals surface area contributed by atoms with E-state index >= 15 is 0 Å². The molecule has 0 unspecified atom stereocenters. The highest BCUT2D eigenvalue weighted by Gasteiger charge is 2.31. The zero-order valence-electron chi connectivity index (χ0n) is 12.6. The summed E-state index contributed by atoms with van der Waals surface area (Å²) in [6, 6.07) is 4.20. The van der Waals surface area contributed by atoms with Crippen LogP contribution in [0.4, 0.5) is 13.2 Å². The normalized spacial score (nSPS) is 17.7. The van der Waals surface area contributed by atoms with Crippen LogP contribution in [-0.2, 0) is 15.7 Å². The molecule has 1 saturated heterocycles. The number of carbonyl (C=O) groups is 1. The zero-order chi connectivity index (χ0) is 16.9. The van der Waals surface area contributed by atoms with Crippen LogP contribution >= 0.6 is 0 Å². The molecule has 0 aromatic heterocycles. The number of aliphatic hydroxyl groups is 1. The number of hydrogen-bond donors (Lipinski definition) is 2. The largest absolute Gasteiger partial charge is 0.416 e. The molecule has 1 fully saturated rings. The van der Waals surface area contributed by atoms with E-state index in [2.05, 4.69) is 5.32 Å². The van der Waals surface area contributed by atoms with Gasteiger partial charge in [0, 0.05) is 25.7 Å². The van der Waals surface area contributed by atoms with Crippen molar-refractivity contribution >= 4 is 5.91 Å². The van der Waals surface area contributed by atoms with Crippen LogP contribution < -0.4 is 5.32 Å². The maximum absolute atomic E-state index is 12.8. The SMILES string of the molecule is O=C(N[C@H](CCO)c1cccc(C(F)(F)F)c1)C1CCOCC1. The second-order valence-corrected chi connectivity index (χ2v) is 5.58. The predicted octanol–water partition coefficient (Wildman–Crippen LogP) is 2.67. The third kappa shape index (κ3) is 4.94. The van der Waals surface area contributed by atoms with Crippen molar-refractivity contribution in [1.82, 2.24) is 5.32 Å². The molecule has 128 valence electrons. The Morgan fingerprint density at radius 3 is 2.65 bits per heavy atom. The average molecular weight is 331 g/mol. The van der Waals surface area contributed by atoms with Crippen LogP contribution in [0.15, 0.2) is 24.3 Å². The summed E-state index contributed by atoms with van der Waals surface area (Å²) in [4.78, 5) is 12.3. The average Bonchev–Trinajstić information content (AvgIpc) is 2.54. The summed E-state index contributed by atoms with van der Waals surface area (Å²) >= 11 is 0. The molecule has 1 atom stereocenters. The van der Waals surface area contributed by atoms with E-state index in [1.165, 1.54) is 12.1 Å². The van der Waals surface area contributed by atoms with Crippen LogP contribution in [0, 0.1) is 5.92 Å². The highest BCUT2D eigenvalue weighted by atomic mass is 19.4. The molecule has 0 saturated carbocycles. The van der Waals surface area contributed by atoms with Crippen molar-refractivity contribution in [3.8, 4) is 0 Å². The first-order valence-electron chi connectivity index (χ1n) is 7.58. The number of benzene rings is 1. The van der Waals surface area contributed by atoms with Gasteiger partial charge in [-0.15, -0.1) is 0 Å². The van der Waals surface area contributed by atoms with Crippen LogP contribution in [0.2, 0.25) is 0 Å².